The molecule has 1 aromatic heterocycles. The van der Waals surface area contributed by atoms with E-state index < -0.39 is 5.63 Å². The van der Waals surface area contributed by atoms with Crippen molar-refractivity contribution >= 4 is 11.8 Å². The fourth-order valence-corrected chi connectivity index (χ4v) is 3.70. The van der Waals surface area contributed by atoms with E-state index in [1.807, 2.05) is 60.9 Å². The summed E-state index contributed by atoms with van der Waals surface area (Å²) in [5, 5.41) is 9.46. The maximum absolute atomic E-state index is 12.4. The molecule has 0 saturated heterocycles. The minimum Gasteiger partial charge on any atom is -0.497 e. The molecular formula is C22H19NO4S. The van der Waals surface area contributed by atoms with Gasteiger partial charge in [0.15, 0.2) is 5.56 Å². The van der Waals surface area contributed by atoms with Gasteiger partial charge in [0.1, 0.15) is 23.3 Å². The summed E-state index contributed by atoms with van der Waals surface area (Å²) >= 11 is 1.37. The molecule has 6 heteroatoms. The molecule has 0 aliphatic rings. The Morgan fingerprint density at radius 1 is 1.00 bits per heavy atom. The lowest BCUT2D eigenvalue weighted by atomic mass is 9.99. The van der Waals surface area contributed by atoms with Gasteiger partial charge < -0.3 is 13.9 Å². The van der Waals surface area contributed by atoms with E-state index in [9.17, 15) is 10.1 Å². The molecule has 0 unspecified atom stereocenters. The molecule has 2 aromatic carbocycles. The predicted octanol–water partition coefficient (Wildman–Crippen LogP) is 4.51. The lowest BCUT2D eigenvalue weighted by molar-refractivity contribution is 0.414. The molecule has 0 aliphatic heterocycles. The molecule has 0 bridgehead atoms. The third kappa shape index (κ3) is 3.90. The first-order valence-electron chi connectivity index (χ1n) is 8.52. The Hall–Kier alpha value is -3.17. The molecule has 0 radical (unpaired) electrons. The van der Waals surface area contributed by atoms with E-state index in [-0.39, 0.29) is 5.56 Å². The second-order valence-corrected chi connectivity index (χ2v) is 6.79. The summed E-state index contributed by atoms with van der Waals surface area (Å²) in [6.07, 6.45) is 2.37. The average molecular weight is 393 g/mol. The Kier molecular flexibility index (Phi) is 6.07. The van der Waals surface area contributed by atoms with E-state index in [2.05, 4.69) is 0 Å². The summed E-state index contributed by atoms with van der Waals surface area (Å²) in [5.41, 5.74) is 1.98. The molecule has 0 spiro atoms. The van der Waals surface area contributed by atoms with Gasteiger partial charge in [-0.3, -0.25) is 0 Å². The highest BCUT2D eigenvalue weighted by Gasteiger charge is 2.21. The van der Waals surface area contributed by atoms with Gasteiger partial charge in [-0.05, 0) is 48.2 Å². The first kappa shape index (κ1) is 19.6. The van der Waals surface area contributed by atoms with E-state index >= 15 is 0 Å². The number of hydrogen-bond donors (Lipinski definition) is 0. The molecule has 142 valence electrons. The zero-order chi connectivity index (χ0) is 20.1. The monoisotopic (exact) mass is 393 g/mol. The van der Waals surface area contributed by atoms with Crippen molar-refractivity contribution in [2.75, 3.05) is 20.5 Å². The van der Waals surface area contributed by atoms with E-state index in [4.69, 9.17) is 13.9 Å². The molecule has 3 aromatic rings. The number of thioether (sulfide) groups is 1. The predicted molar refractivity (Wildman–Crippen MR) is 109 cm³/mol. The van der Waals surface area contributed by atoms with Crippen molar-refractivity contribution in [2.24, 2.45) is 0 Å². The van der Waals surface area contributed by atoms with E-state index in [1.54, 1.807) is 14.2 Å². The van der Waals surface area contributed by atoms with Crippen LogP contribution in [0.1, 0.15) is 16.7 Å². The molecule has 0 atom stereocenters. The van der Waals surface area contributed by atoms with Crippen LogP contribution in [0.15, 0.2) is 62.6 Å². The topological polar surface area (TPSA) is 72.5 Å². The summed E-state index contributed by atoms with van der Waals surface area (Å²) in [6.45, 7) is 0. The molecule has 5 nitrogen and oxygen atoms in total. The summed E-state index contributed by atoms with van der Waals surface area (Å²) in [5.74, 6) is 1.94. The van der Waals surface area contributed by atoms with E-state index in [0.717, 1.165) is 22.4 Å². The van der Waals surface area contributed by atoms with Crippen molar-refractivity contribution in [2.45, 2.75) is 11.3 Å². The number of nitrogens with zero attached hydrogens (tertiary/aromatic N) is 1. The Labute approximate surface area is 167 Å². The molecule has 1 heterocycles. The van der Waals surface area contributed by atoms with Gasteiger partial charge in [-0.1, -0.05) is 12.1 Å². The Balaban J connectivity index is 2.18. The molecule has 3 rings (SSSR count). The highest BCUT2D eigenvalue weighted by molar-refractivity contribution is 7.98. The minimum absolute atomic E-state index is 0.0354. The zero-order valence-electron chi connectivity index (χ0n) is 15.8. The van der Waals surface area contributed by atoms with Gasteiger partial charge in [0, 0.05) is 22.4 Å². The van der Waals surface area contributed by atoms with Crippen molar-refractivity contribution in [3.05, 3.63) is 75.6 Å². The SMILES string of the molecule is COc1ccc(Cc2c(-c3ccc(OC)cc3)oc(=O)c(C#N)c2SC)cc1. The molecule has 0 aliphatic carbocycles. The highest BCUT2D eigenvalue weighted by atomic mass is 32.2. The van der Waals surface area contributed by atoms with Crippen molar-refractivity contribution in [3.8, 4) is 28.9 Å². The Morgan fingerprint density at radius 3 is 2.07 bits per heavy atom. The van der Waals surface area contributed by atoms with Crippen LogP contribution in [0.4, 0.5) is 0 Å². The van der Waals surface area contributed by atoms with Crippen molar-refractivity contribution in [1.82, 2.24) is 0 Å². The second-order valence-electron chi connectivity index (χ2n) is 5.97. The van der Waals surface area contributed by atoms with Gasteiger partial charge in [0.2, 0.25) is 0 Å². The van der Waals surface area contributed by atoms with E-state index in [0.29, 0.717) is 22.8 Å². The average Bonchev–Trinajstić information content (AvgIpc) is 2.74. The largest absolute Gasteiger partial charge is 0.497 e. The van der Waals surface area contributed by atoms with Gasteiger partial charge in [-0.15, -0.1) is 11.8 Å². The highest BCUT2D eigenvalue weighted by Crippen LogP contribution is 2.34. The first-order chi connectivity index (χ1) is 13.6. The van der Waals surface area contributed by atoms with Crippen LogP contribution in [0.2, 0.25) is 0 Å². The van der Waals surface area contributed by atoms with Gasteiger partial charge >= 0.3 is 5.63 Å². The third-order valence-corrected chi connectivity index (χ3v) is 5.24. The van der Waals surface area contributed by atoms with Crippen LogP contribution < -0.4 is 15.1 Å². The van der Waals surface area contributed by atoms with Crippen molar-refractivity contribution in [3.63, 3.8) is 0 Å². The smallest absolute Gasteiger partial charge is 0.355 e. The summed E-state index contributed by atoms with van der Waals surface area (Å²) < 4.78 is 16.0. The summed E-state index contributed by atoms with van der Waals surface area (Å²) in [7, 11) is 3.21. The first-order valence-corrected chi connectivity index (χ1v) is 9.75. The number of benzene rings is 2. The molecular weight excluding hydrogens is 374 g/mol. The van der Waals surface area contributed by atoms with Crippen LogP contribution in [0.5, 0.6) is 11.5 Å². The number of rotatable bonds is 6. The van der Waals surface area contributed by atoms with Gasteiger partial charge in [0.25, 0.3) is 0 Å². The van der Waals surface area contributed by atoms with Crippen LogP contribution in [0, 0.1) is 11.3 Å². The number of hydrogen-bond acceptors (Lipinski definition) is 6. The van der Waals surface area contributed by atoms with Crippen LogP contribution in [0.3, 0.4) is 0 Å². The molecule has 0 fully saturated rings. The maximum Gasteiger partial charge on any atom is 0.355 e. The fourth-order valence-electron chi connectivity index (χ4n) is 2.96. The number of methoxy groups -OCH3 is 2. The fraction of sp³-hybridized carbons (Fsp3) is 0.182. The van der Waals surface area contributed by atoms with Crippen LogP contribution in [-0.2, 0) is 6.42 Å². The quantitative estimate of drug-likeness (QED) is 0.574. The third-order valence-electron chi connectivity index (χ3n) is 4.38. The zero-order valence-corrected chi connectivity index (χ0v) is 16.6. The Bertz CT molecular complexity index is 1060. The van der Waals surface area contributed by atoms with Gasteiger partial charge in [-0.2, -0.15) is 5.26 Å². The maximum atomic E-state index is 12.4. The van der Waals surface area contributed by atoms with Crippen LogP contribution >= 0.6 is 11.8 Å². The van der Waals surface area contributed by atoms with Crippen molar-refractivity contribution < 1.29 is 13.9 Å². The second kappa shape index (κ2) is 8.68. The summed E-state index contributed by atoms with van der Waals surface area (Å²) in [6, 6.07) is 17.0. The molecule has 0 saturated carbocycles. The lowest BCUT2D eigenvalue weighted by Gasteiger charge is -2.14. The van der Waals surface area contributed by atoms with Gasteiger partial charge in [-0.25, -0.2) is 4.79 Å². The Morgan fingerprint density at radius 2 is 1.57 bits per heavy atom. The molecule has 0 N–H and O–H groups in total. The standard InChI is InChI=1S/C22H19NO4S/c1-25-16-8-4-14(5-9-16)12-18-20(15-6-10-17(26-2)11-7-15)27-22(24)19(13-23)21(18)28-3/h4-11H,12H2,1-3H3. The number of nitriles is 1. The molecule has 28 heavy (non-hydrogen) atoms. The van der Waals surface area contributed by atoms with Crippen LogP contribution in [-0.4, -0.2) is 20.5 Å². The van der Waals surface area contributed by atoms with Crippen molar-refractivity contribution in [1.29, 1.82) is 5.26 Å². The molecule has 0 amide bonds. The number of ether oxygens (including phenoxy) is 2. The lowest BCUT2D eigenvalue weighted by Crippen LogP contribution is -2.11. The van der Waals surface area contributed by atoms with Crippen LogP contribution in [0.25, 0.3) is 11.3 Å². The minimum atomic E-state index is -0.629. The van der Waals surface area contributed by atoms with E-state index in [1.165, 1.54) is 11.8 Å². The normalized spacial score (nSPS) is 10.4. The van der Waals surface area contributed by atoms with Gasteiger partial charge in [0.05, 0.1) is 14.2 Å². The summed E-state index contributed by atoms with van der Waals surface area (Å²) in [4.78, 5) is 13.0.